The van der Waals surface area contributed by atoms with Gasteiger partial charge in [-0.05, 0) is 31.2 Å². The van der Waals surface area contributed by atoms with Crippen molar-refractivity contribution in [3.63, 3.8) is 0 Å². The molecule has 3 N–H and O–H groups in total. The Morgan fingerprint density at radius 1 is 1.56 bits per heavy atom. The summed E-state index contributed by atoms with van der Waals surface area (Å²) in [4.78, 5) is 13.7. The van der Waals surface area contributed by atoms with Gasteiger partial charge in [-0.2, -0.15) is 0 Å². The van der Waals surface area contributed by atoms with Gasteiger partial charge in [0, 0.05) is 19.5 Å². The number of rotatable bonds is 5. The van der Waals surface area contributed by atoms with Crippen LogP contribution >= 0.6 is 0 Å². The molecule has 0 saturated carbocycles. The molecule has 0 radical (unpaired) electrons. The van der Waals surface area contributed by atoms with E-state index in [9.17, 15) is 9.90 Å². The van der Waals surface area contributed by atoms with E-state index in [2.05, 4.69) is 13.8 Å². The highest BCUT2D eigenvalue weighted by atomic mass is 16.3. The summed E-state index contributed by atoms with van der Waals surface area (Å²) in [6.07, 6.45) is 1.91. The highest BCUT2D eigenvalue weighted by molar-refractivity contribution is 5.76. The largest absolute Gasteiger partial charge is 0.391 e. The molecular formula is C12H24N2O2. The summed E-state index contributed by atoms with van der Waals surface area (Å²) in [7, 11) is 0. The standard InChI is InChI=1S/C12H24N2O2/c1-9(2)5-10(7-13)6-12(16)14-4-3-11(15)8-14/h9-11,15H,3-8,13H2,1-2H3. The van der Waals surface area contributed by atoms with Crippen molar-refractivity contribution in [2.45, 2.75) is 39.2 Å². The van der Waals surface area contributed by atoms with Crippen molar-refractivity contribution in [1.82, 2.24) is 4.90 Å². The first kappa shape index (κ1) is 13.5. The maximum Gasteiger partial charge on any atom is 0.222 e. The summed E-state index contributed by atoms with van der Waals surface area (Å²) in [5.74, 6) is 1.00. The van der Waals surface area contributed by atoms with Crippen molar-refractivity contribution in [3.8, 4) is 0 Å². The van der Waals surface area contributed by atoms with Crippen LogP contribution < -0.4 is 5.73 Å². The molecule has 1 heterocycles. The van der Waals surface area contributed by atoms with E-state index < -0.39 is 0 Å². The lowest BCUT2D eigenvalue weighted by atomic mass is 9.94. The third-order valence-electron chi connectivity index (χ3n) is 3.12. The topological polar surface area (TPSA) is 66.6 Å². The Morgan fingerprint density at radius 2 is 2.25 bits per heavy atom. The lowest BCUT2D eigenvalue weighted by molar-refractivity contribution is -0.131. The SMILES string of the molecule is CC(C)CC(CN)CC(=O)N1CCC(O)C1. The first-order chi connectivity index (χ1) is 7.52. The number of hydrogen-bond donors (Lipinski definition) is 2. The van der Waals surface area contributed by atoms with E-state index in [1.807, 2.05) is 0 Å². The molecule has 0 spiro atoms. The molecule has 2 atom stereocenters. The number of nitrogens with two attached hydrogens (primary N) is 1. The summed E-state index contributed by atoms with van der Waals surface area (Å²) < 4.78 is 0. The van der Waals surface area contributed by atoms with Crippen LogP contribution in [0.5, 0.6) is 0 Å². The quantitative estimate of drug-likeness (QED) is 0.724. The minimum Gasteiger partial charge on any atom is -0.391 e. The summed E-state index contributed by atoms with van der Waals surface area (Å²) in [5, 5.41) is 9.37. The molecule has 1 amide bonds. The van der Waals surface area contributed by atoms with Crippen molar-refractivity contribution >= 4 is 5.91 Å². The molecule has 0 aromatic rings. The Labute approximate surface area is 97.8 Å². The van der Waals surface area contributed by atoms with E-state index in [4.69, 9.17) is 5.73 Å². The molecule has 2 unspecified atom stereocenters. The maximum atomic E-state index is 11.9. The van der Waals surface area contributed by atoms with Crippen molar-refractivity contribution in [1.29, 1.82) is 0 Å². The summed E-state index contributed by atoms with van der Waals surface area (Å²) in [6, 6.07) is 0. The van der Waals surface area contributed by atoms with Gasteiger partial charge in [-0.3, -0.25) is 4.79 Å². The number of carbonyl (C=O) groups excluding carboxylic acids is 1. The van der Waals surface area contributed by atoms with Crippen LogP contribution in [0.4, 0.5) is 0 Å². The second-order valence-electron chi connectivity index (χ2n) is 5.22. The molecule has 1 saturated heterocycles. The molecule has 0 aromatic heterocycles. The Morgan fingerprint density at radius 3 is 2.69 bits per heavy atom. The number of aliphatic hydroxyl groups excluding tert-OH is 1. The van der Waals surface area contributed by atoms with E-state index in [1.165, 1.54) is 0 Å². The zero-order valence-corrected chi connectivity index (χ0v) is 10.4. The monoisotopic (exact) mass is 228 g/mol. The number of aliphatic hydroxyl groups is 1. The molecule has 4 nitrogen and oxygen atoms in total. The number of carbonyl (C=O) groups is 1. The van der Waals surface area contributed by atoms with E-state index in [0.29, 0.717) is 38.4 Å². The van der Waals surface area contributed by atoms with E-state index in [-0.39, 0.29) is 17.9 Å². The molecule has 1 aliphatic heterocycles. The smallest absolute Gasteiger partial charge is 0.222 e. The van der Waals surface area contributed by atoms with Crippen molar-refractivity contribution in [3.05, 3.63) is 0 Å². The molecule has 1 rings (SSSR count). The van der Waals surface area contributed by atoms with Gasteiger partial charge < -0.3 is 15.7 Å². The van der Waals surface area contributed by atoms with Crippen molar-refractivity contribution in [2.24, 2.45) is 17.6 Å². The third kappa shape index (κ3) is 4.10. The van der Waals surface area contributed by atoms with Crippen LogP contribution in [0.15, 0.2) is 0 Å². The van der Waals surface area contributed by atoms with Gasteiger partial charge in [0.15, 0.2) is 0 Å². The van der Waals surface area contributed by atoms with Gasteiger partial charge in [-0.25, -0.2) is 0 Å². The fourth-order valence-electron chi connectivity index (χ4n) is 2.27. The molecule has 1 fully saturated rings. The van der Waals surface area contributed by atoms with Crippen LogP contribution in [0.1, 0.15) is 33.1 Å². The molecule has 0 bridgehead atoms. The molecule has 4 heteroatoms. The Bertz CT molecular complexity index is 231. The Hall–Kier alpha value is -0.610. The molecule has 94 valence electrons. The molecule has 16 heavy (non-hydrogen) atoms. The van der Waals surface area contributed by atoms with E-state index in [1.54, 1.807) is 4.90 Å². The van der Waals surface area contributed by atoms with Crippen LogP contribution in [0.2, 0.25) is 0 Å². The molecule has 0 aromatic carbocycles. The fraction of sp³-hybridized carbons (Fsp3) is 0.917. The van der Waals surface area contributed by atoms with Crippen LogP contribution in [-0.4, -0.2) is 41.7 Å². The predicted octanol–water partition coefficient (Wildman–Crippen LogP) is 0.591. The van der Waals surface area contributed by atoms with Crippen LogP contribution in [0.3, 0.4) is 0 Å². The minimum atomic E-state index is -0.328. The Kier molecular flexibility index (Phi) is 5.22. The lowest BCUT2D eigenvalue weighted by Gasteiger charge is -2.21. The maximum absolute atomic E-state index is 11.9. The first-order valence-corrected chi connectivity index (χ1v) is 6.18. The Balaban J connectivity index is 2.36. The molecule has 1 aliphatic rings. The fourth-order valence-corrected chi connectivity index (χ4v) is 2.27. The van der Waals surface area contributed by atoms with Crippen LogP contribution in [-0.2, 0) is 4.79 Å². The number of nitrogens with zero attached hydrogens (tertiary/aromatic N) is 1. The lowest BCUT2D eigenvalue weighted by Crippen LogP contribution is -2.32. The molecular weight excluding hydrogens is 204 g/mol. The van der Waals surface area contributed by atoms with Crippen LogP contribution in [0.25, 0.3) is 0 Å². The second kappa shape index (κ2) is 6.21. The van der Waals surface area contributed by atoms with Crippen molar-refractivity contribution in [2.75, 3.05) is 19.6 Å². The number of β-amino-alcohol motifs (C(OH)–C–C–N with tert-alkyl or cyclic N) is 1. The third-order valence-corrected chi connectivity index (χ3v) is 3.12. The zero-order valence-electron chi connectivity index (χ0n) is 10.4. The zero-order chi connectivity index (χ0) is 12.1. The number of amides is 1. The second-order valence-corrected chi connectivity index (χ2v) is 5.22. The van der Waals surface area contributed by atoms with E-state index >= 15 is 0 Å². The number of likely N-dealkylation sites (tertiary alicyclic amines) is 1. The minimum absolute atomic E-state index is 0.146. The summed E-state index contributed by atoms with van der Waals surface area (Å²) in [5.41, 5.74) is 5.68. The van der Waals surface area contributed by atoms with Crippen LogP contribution in [0, 0.1) is 11.8 Å². The molecule has 0 aliphatic carbocycles. The number of hydrogen-bond acceptors (Lipinski definition) is 3. The van der Waals surface area contributed by atoms with Gasteiger partial charge in [0.25, 0.3) is 0 Å². The van der Waals surface area contributed by atoms with Gasteiger partial charge in [0.2, 0.25) is 5.91 Å². The van der Waals surface area contributed by atoms with Gasteiger partial charge in [-0.1, -0.05) is 13.8 Å². The highest BCUT2D eigenvalue weighted by Gasteiger charge is 2.26. The van der Waals surface area contributed by atoms with Gasteiger partial charge >= 0.3 is 0 Å². The van der Waals surface area contributed by atoms with E-state index in [0.717, 1.165) is 6.42 Å². The van der Waals surface area contributed by atoms with Gasteiger partial charge in [0.1, 0.15) is 0 Å². The predicted molar refractivity (Wildman–Crippen MR) is 63.8 cm³/mol. The average molecular weight is 228 g/mol. The highest BCUT2D eigenvalue weighted by Crippen LogP contribution is 2.18. The average Bonchev–Trinajstić information content (AvgIpc) is 2.63. The van der Waals surface area contributed by atoms with Gasteiger partial charge in [0.05, 0.1) is 6.10 Å². The van der Waals surface area contributed by atoms with Gasteiger partial charge in [-0.15, -0.1) is 0 Å². The first-order valence-electron chi connectivity index (χ1n) is 6.18. The van der Waals surface area contributed by atoms with Crippen molar-refractivity contribution < 1.29 is 9.90 Å². The normalized spacial score (nSPS) is 22.8. The summed E-state index contributed by atoms with van der Waals surface area (Å²) >= 11 is 0. The summed E-state index contributed by atoms with van der Waals surface area (Å²) in [6.45, 7) is 6.05.